The fourth-order valence-electron chi connectivity index (χ4n) is 3.00. The standard InChI is InChI=1S/C13H22N2O3/c1-9(12(16)17)3-2-6-14-13(18)15-8-10-4-5-11(15)7-10/h9-11H,2-8H2,1H3,(H,14,18)(H,16,17). The number of fused-ring (bicyclic) bond motifs is 2. The van der Waals surface area contributed by atoms with Crippen molar-refractivity contribution in [2.45, 2.75) is 45.1 Å². The number of carboxylic acid groups (broad SMARTS) is 1. The number of likely N-dealkylation sites (tertiary alicyclic amines) is 1. The summed E-state index contributed by atoms with van der Waals surface area (Å²) in [5, 5.41) is 11.6. The summed E-state index contributed by atoms with van der Waals surface area (Å²) in [6, 6.07) is 0.484. The first-order valence-electron chi connectivity index (χ1n) is 6.85. The maximum absolute atomic E-state index is 11.9. The van der Waals surface area contributed by atoms with Crippen molar-refractivity contribution < 1.29 is 14.7 Å². The van der Waals surface area contributed by atoms with Crippen molar-refractivity contribution in [1.29, 1.82) is 0 Å². The third-order valence-corrected chi connectivity index (χ3v) is 4.18. The Balaban J connectivity index is 1.62. The molecule has 0 spiro atoms. The summed E-state index contributed by atoms with van der Waals surface area (Å²) in [6.45, 7) is 3.18. The van der Waals surface area contributed by atoms with Gasteiger partial charge in [0.25, 0.3) is 0 Å². The van der Waals surface area contributed by atoms with Gasteiger partial charge in [-0.15, -0.1) is 0 Å². The van der Waals surface area contributed by atoms with Crippen LogP contribution in [-0.2, 0) is 4.79 Å². The van der Waals surface area contributed by atoms with E-state index >= 15 is 0 Å². The van der Waals surface area contributed by atoms with Gasteiger partial charge in [0.1, 0.15) is 0 Å². The van der Waals surface area contributed by atoms with E-state index in [1.165, 1.54) is 12.8 Å². The maximum Gasteiger partial charge on any atom is 0.317 e. The van der Waals surface area contributed by atoms with Gasteiger partial charge in [-0.25, -0.2) is 4.79 Å². The summed E-state index contributed by atoms with van der Waals surface area (Å²) in [4.78, 5) is 24.5. The first kappa shape index (κ1) is 13.2. The summed E-state index contributed by atoms with van der Waals surface area (Å²) in [6.07, 6.45) is 4.92. The smallest absolute Gasteiger partial charge is 0.317 e. The molecule has 2 amide bonds. The molecule has 2 fully saturated rings. The number of nitrogens with zero attached hydrogens (tertiary/aromatic N) is 1. The van der Waals surface area contributed by atoms with Crippen molar-refractivity contribution in [3.05, 3.63) is 0 Å². The summed E-state index contributed by atoms with van der Waals surface area (Å²) >= 11 is 0. The van der Waals surface area contributed by atoms with E-state index in [1.54, 1.807) is 6.92 Å². The van der Waals surface area contributed by atoms with Gasteiger partial charge in [0, 0.05) is 19.1 Å². The third-order valence-electron chi connectivity index (χ3n) is 4.18. The Hall–Kier alpha value is -1.26. The molecule has 102 valence electrons. The molecular formula is C13H22N2O3. The number of hydrogen-bond donors (Lipinski definition) is 2. The minimum atomic E-state index is -0.766. The molecule has 1 aliphatic heterocycles. The molecule has 18 heavy (non-hydrogen) atoms. The van der Waals surface area contributed by atoms with Gasteiger partial charge in [0.2, 0.25) is 0 Å². The van der Waals surface area contributed by atoms with Gasteiger partial charge in [0.15, 0.2) is 0 Å². The van der Waals surface area contributed by atoms with Crippen LogP contribution in [0, 0.1) is 11.8 Å². The first-order valence-corrected chi connectivity index (χ1v) is 6.85. The number of piperidine rings is 1. The van der Waals surface area contributed by atoms with Crippen LogP contribution in [0.1, 0.15) is 39.0 Å². The Morgan fingerprint density at radius 2 is 2.22 bits per heavy atom. The summed E-state index contributed by atoms with van der Waals surface area (Å²) < 4.78 is 0. The van der Waals surface area contributed by atoms with Gasteiger partial charge in [-0.2, -0.15) is 0 Å². The van der Waals surface area contributed by atoms with Gasteiger partial charge < -0.3 is 15.3 Å². The monoisotopic (exact) mass is 254 g/mol. The number of urea groups is 1. The molecule has 0 aromatic heterocycles. The molecule has 1 saturated heterocycles. The molecule has 1 heterocycles. The van der Waals surface area contributed by atoms with E-state index < -0.39 is 5.97 Å². The van der Waals surface area contributed by atoms with Crippen LogP contribution in [0.25, 0.3) is 0 Å². The van der Waals surface area contributed by atoms with E-state index in [0.29, 0.717) is 24.9 Å². The first-order chi connectivity index (χ1) is 8.58. The average molecular weight is 254 g/mol. The molecule has 1 aliphatic carbocycles. The average Bonchev–Trinajstić information content (AvgIpc) is 2.95. The molecule has 2 aliphatic rings. The third kappa shape index (κ3) is 2.94. The second-order valence-corrected chi connectivity index (χ2v) is 5.60. The van der Waals surface area contributed by atoms with E-state index in [4.69, 9.17) is 5.11 Å². The van der Waals surface area contributed by atoms with Crippen LogP contribution in [0.2, 0.25) is 0 Å². The van der Waals surface area contributed by atoms with Crippen LogP contribution < -0.4 is 5.32 Å². The number of carbonyl (C=O) groups is 2. The number of amides is 2. The van der Waals surface area contributed by atoms with Gasteiger partial charge in [-0.1, -0.05) is 6.92 Å². The normalized spacial score (nSPS) is 27.3. The van der Waals surface area contributed by atoms with E-state index in [-0.39, 0.29) is 11.9 Å². The molecule has 5 nitrogen and oxygen atoms in total. The molecule has 0 aromatic carbocycles. The zero-order chi connectivity index (χ0) is 13.1. The Morgan fingerprint density at radius 1 is 1.44 bits per heavy atom. The Labute approximate surface area is 108 Å². The van der Waals surface area contributed by atoms with Crippen molar-refractivity contribution in [2.75, 3.05) is 13.1 Å². The largest absolute Gasteiger partial charge is 0.481 e. The van der Waals surface area contributed by atoms with E-state index in [9.17, 15) is 9.59 Å². The number of rotatable bonds is 5. The van der Waals surface area contributed by atoms with Crippen molar-refractivity contribution in [1.82, 2.24) is 10.2 Å². The SMILES string of the molecule is CC(CCCNC(=O)N1CC2CCC1C2)C(=O)O. The zero-order valence-electron chi connectivity index (χ0n) is 10.9. The molecule has 2 rings (SSSR count). The molecule has 3 unspecified atom stereocenters. The number of carboxylic acids is 1. The Morgan fingerprint density at radius 3 is 2.78 bits per heavy atom. The Kier molecular flexibility index (Phi) is 4.09. The van der Waals surface area contributed by atoms with Crippen LogP contribution in [0.15, 0.2) is 0 Å². The fourth-order valence-corrected chi connectivity index (χ4v) is 3.00. The molecule has 2 N–H and O–H groups in total. The van der Waals surface area contributed by atoms with Gasteiger partial charge in [-0.05, 0) is 38.0 Å². The topological polar surface area (TPSA) is 69.6 Å². The molecule has 2 bridgehead atoms. The lowest BCUT2D eigenvalue weighted by atomic mass is 10.1. The molecule has 0 radical (unpaired) electrons. The van der Waals surface area contributed by atoms with Crippen LogP contribution in [0.5, 0.6) is 0 Å². The lowest BCUT2D eigenvalue weighted by Crippen LogP contribution is -2.44. The van der Waals surface area contributed by atoms with Crippen molar-refractivity contribution in [2.24, 2.45) is 11.8 Å². The maximum atomic E-state index is 11.9. The van der Waals surface area contributed by atoms with E-state index in [0.717, 1.165) is 19.4 Å². The fraction of sp³-hybridized carbons (Fsp3) is 0.846. The van der Waals surface area contributed by atoms with Gasteiger partial charge in [-0.3, -0.25) is 4.79 Å². The number of nitrogens with one attached hydrogen (secondary N) is 1. The molecule has 5 heteroatoms. The Bertz CT molecular complexity index is 332. The van der Waals surface area contributed by atoms with Gasteiger partial charge in [0.05, 0.1) is 5.92 Å². The molecule has 3 atom stereocenters. The summed E-state index contributed by atoms with van der Waals surface area (Å²) in [5.74, 6) is -0.379. The van der Waals surface area contributed by atoms with Crippen LogP contribution in [0.3, 0.4) is 0 Å². The second kappa shape index (κ2) is 5.59. The lowest BCUT2D eigenvalue weighted by molar-refractivity contribution is -0.141. The number of aliphatic carboxylic acids is 1. The van der Waals surface area contributed by atoms with Crippen LogP contribution in [-0.4, -0.2) is 41.1 Å². The van der Waals surface area contributed by atoms with E-state index in [1.807, 2.05) is 4.90 Å². The predicted molar refractivity (Wildman–Crippen MR) is 67.3 cm³/mol. The molecule has 0 aromatic rings. The highest BCUT2D eigenvalue weighted by atomic mass is 16.4. The minimum absolute atomic E-state index is 0.0326. The van der Waals surface area contributed by atoms with Crippen LogP contribution >= 0.6 is 0 Å². The molecule has 1 saturated carbocycles. The highest BCUT2D eigenvalue weighted by Crippen LogP contribution is 2.37. The highest BCUT2D eigenvalue weighted by molar-refractivity contribution is 5.75. The summed E-state index contributed by atoms with van der Waals surface area (Å²) in [7, 11) is 0. The highest BCUT2D eigenvalue weighted by Gasteiger charge is 2.39. The quantitative estimate of drug-likeness (QED) is 0.733. The number of carbonyl (C=O) groups excluding carboxylic acids is 1. The van der Waals surface area contributed by atoms with Crippen molar-refractivity contribution in [3.8, 4) is 0 Å². The molecular weight excluding hydrogens is 232 g/mol. The lowest BCUT2D eigenvalue weighted by Gasteiger charge is -2.27. The zero-order valence-corrected chi connectivity index (χ0v) is 10.9. The summed E-state index contributed by atoms with van der Waals surface area (Å²) in [5.41, 5.74) is 0. The second-order valence-electron chi connectivity index (χ2n) is 5.60. The van der Waals surface area contributed by atoms with Gasteiger partial charge >= 0.3 is 12.0 Å². The minimum Gasteiger partial charge on any atom is -0.481 e. The van der Waals surface area contributed by atoms with Crippen molar-refractivity contribution in [3.63, 3.8) is 0 Å². The van der Waals surface area contributed by atoms with Crippen molar-refractivity contribution >= 4 is 12.0 Å². The predicted octanol–water partition coefficient (Wildman–Crippen LogP) is 1.68. The van der Waals surface area contributed by atoms with Crippen LogP contribution in [0.4, 0.5) is 4.79 Å². The van der Waals surface area contributed by atoms with E-state index in [2.05, 4.69) is 5.32 Å². The number of hydrogen-bond acceptors (Lipinski definition) is 2.